The summed E-state index contributed by atoms with van der Waals surface area (Å²) in [6.45, 7) is 1.48. The lowest BCUT2D eigenvalue weighted by Crippen LogP contribution is -2.25. The first kappa shape index (κ1) is 11.7. The van der Waals surface area contributed by atoms with E-state index in [2.05, 4.69) is 4.74 Å². The molecule has 0 radical (unpaired) electrons. The minimum absolute atomic E-state index is 0.158. The number of ether oxygens (including phenoxy) is 1. The molecule has 1 aromatic carbocycles. The Balaban J connectivity index is 2.85. The summed E-state index contributed by atoms with van der Waals surface area (Å²) in [6.07, 6.45) is -0.158. The third-order valence-corrected chi connectivity index (χ3v) is 2.18. The Labute approximate surface area is 87.5 Å². The Morgan fingerprint density at radius 2 is 2.00 bits per heavy atom. The summed E-state index contributed by atoms with van der Waals surface area (Å²) in [5, 5.41) is 9.95. The molecule has 0 fully saturated rings. The summed E-state index contributed by atoms with van der Waals surface area (Å²) < 4.78 is 17.1. The summed E-state index contributed by atoms with van der Waals surface area (Å²) in [7, 11) is 1.25. The van der Waals surface area contributed by atoms with E-state index < -0.39 is 11.6 Å². The summed E-state index contributed by atoms with van der Waals surface area (Å²) in [4.78, 5) is 11.0. The Bertz CT molecular complexity index is 343. The fourth-order valence-electron chi connectivity index (χ4n) is 1.26. The SMILES string of the molecule is COC(=O)CC(C)(O)c1ccc(F)cc1. The first-order valence-corrected chi connectivity index (χ1v) is 4.51. The molecule has 0 heterocycles. The Kier molecular flexibility index (Phi) is 3.42. The van der Waals surface area contributed by atoms with Crippen LogP contribution in [0.3, 0.4) is 0 Å². The second kappa shape index (κ2) is 4.40. The Morgan fingerprint density at radius 1 is 1.47 bits per heavy atom. The lowest BCUT2D eigenvalue weighted by Gasteiger charge is -2.22. The van der Waals surface area contributed by atoms with Gasteiger partial charge in [0.2, 0.25) is 0 Å². The maximum absolute atomic E-state index is 12.6. The van der Waals surface area contributed by atoms with E-state index in [1.54, 1.807) is 0 Å². The number of rotatable bonds is 3. The topological polar surface area (TPSA) is 46.5 Å². The highest BCUT2D eigenvalue weighted by atomic mass is 19.1. The van der Waals surface area contributed by atoms with Crippen LogP contribution < -0.4 is 0 Å². The molecule has 1 unspecified atom stereocenters. The van der Waals surface area contributed by atoms with Crippen LogP contribution >= 0.6 is 0 Å². The number of halogens is 1. The van der Waals surface area contributed by atoms with Crippen LogP contribution in [0.25, 0.3) is 0 Å². The molecular formula is C11H13FO3. The Morgan fingerprint density at radius 3 is 2.47 bits per heavy atom. The van der Waals surface area contributed by atoms with Crippen molar-refractivity contribution in [3.8, 4) is 0 Å². The first-order valence-electron chi connectivity index (χ1n) is 4.51. The third-order valence-electron chi connectivity index (χ3n) is 2.18. The number of carbonyl (C=O) groups excluding carboxylic acids is 1. The maximum Gasteiger partial charge on any atom is 0.308 e. The van der Waals surface area contributed by atoms with Crippen LogP contribution in [0.4, 0.5) is 4.39 Å². The molecule has 0 aromatic heterocycles. The van der Waals surface area contributed by atoms with Gasteiger partial charge in [0.15, 0.2) is 0 Å². The van der Waals surface area contributed by atoms with E-state index >= 15 is 0 Å². The van der Waals surface area contributed by atoms with Crippen molar-refractivity contribution in [3.05, 3.63) is 35.6 Å². The predicted octanol–water partition coefficient (Wildman–Crippen LogP) is 1.60. The zero-order valence-electron chi connectivity index (χ0n) is 8.66. The number of carbonyl (C=O) groups is 1. The van der Waals surface area contributed by atoms with Crippen molar-refractivity contribution in [3.63, 3.8) is 0 Å². The second-order valence-corrected chi connectivity index (χ2v) is 3.53. The predicted molar refractivity (Wildman–Crippen MR) is 52.6 cm³/mol. The third kappa shape index (κ3) is 3.02. The van der Waals surface area contributed by atoms with Gasteiger partial charge < -0.3 is 9.84 Å². The van der Waals surface area contributed by atoms with Gasteiger partial charge in [-0.3, -0.25) is 4.79 Å². The van der Waals surface area contributed by atoms with Crippen molar-refractivity contribution in [2.45, 2.75) is 18.9 Å². The monoisotopic (exact) mass is 212 g/mol. The molecular weight excluding hydrogens is 199 g/mol. The first-order chi connectivity index (χ1) is 6.95. The lowest BCUT2D eigenvalue weighted by molar-refractivity contribution is -0.145. The Hall–Kier alpha value is -1.42. The molecule has 3 nitrogen and oxygen atoms in total. The van der Waals surface area contributed by atoms with Crippen LogP contribution in [0.1, 0.15) is 18.9 Å². The molecule has 0 saturated carbocycles. The molecule has 4 heteroatoms. The van der Waals surface area contributed by atoms with Crippen LogP contribution in [-0.4, -0.2) is 18.2 Å². The number of aliphatic hydroxyl groups is 1. The number of hydrogen-bond donors (Lipinski definition) is 1. The number of methoxy groups -OCH3 is 1. The molecule has 1 aromatic rings. The molecule has 0 saturated heterocycles. The molecule has 0 bridgehead atoms. The van der Waals surface area contributed by atoms with Crippen molar-refractivity contribution in [1.82, 2.24) is 0 Å². The summed E-state index contributed by atoms with van der Waals surface area (Å²) in [6, 6.07) is 5.36. The lowest BCUT2D eigenvalue weighted by atomic mass is 9.93. The van der Waals surface area contributed by atoms with Gasteiger partial charge in [-0.15, -0.1) is 0 Å². The van der Waals surface area contributed by atoms with E-state index in [1.807, 2.05) is 0 Å². The summed E-state index contributed by atoms with van der Waals surface area (Å²) in [5.41, 5.74) is -0.852. The van der Waals surface area contributed by atoms with Crippen LogP contribution in [0.5, 0.6) is 0 Å². The standard InChI is InChI=1S/C11H13FO3/c1-11(14,7-10(13)15-2)8-3-5-9(12)6-4-8/h3-6,14H,7H2,1-2H3. The normalized spacial score (nSPS) is 14.4. The van der Waals surface area contributed by atoms with Gasteiger partial charge in [-0.2, -0.15) is 0 Å². The van der Waals surface area contributed by atoms with Crippen LogP contribution in [-0.2, 0) is 15.1 Å². The van der Waals surface area contributed by atoms with Gasteiger partial charge in [0, 0.05) is 0 Å². The molecule has 1 rings (SSSR count). The van der Waals surface area contributed by atoms with Gasteiger partial charge in [0.05, 0.1) is 19.1 Å². The van der Waals surface area contributed by atoms with Gasteiger partial charge in [0.1, 0.15) is 5.82 Å². The molecule has 0 spiro atoms. The molecule has 0 aliphatic rings. The fraction of sp³-hybridized carbons (Fsp3) is 0.364. The van der Waals surface area contributed by atoms with Crippen molar-refractivity contribution in [1.29, 1.82) is 0 Å². The average Bonchev–Trinajstić information content (AvgIpc) is 2.17. The fourth-order valence-corrected chi connectivity index (χ4v) is 1.26. The maximum atomic E-state index is 12.6. The van der Waals surface area contributed by atoms with E-state index in [1.165, 1.54) is 38.3 Å². The number of hydrogen-bond acceptors (Lipinski definition) is 3. The van der Waals surface area contributed by atoms with E-state index in [4.69, 9.17) is 0 Å². The molecule has 0 aliphatic carbocycles. The van der Waals surface area contributed by atoms with Crippen molar-refractivity contribution in [2.75, 3.05) is 7.11 Å². The highest BCUT2D eigenvalue weighted by molar-refractivity contribution is 5.70. The van der Waals surface area contributed by atoms with Crippen LogP contribution in [0.15, 0.2) is 24.3 Å². The summed E-state index contributed by atoms with van der Waals surface area (Å²) in [5.74, 6) is -0.892. The number of esters is 1. The smallest absolute Gasteiger partial charge is 0.308 e. The minimum Gasteiger partial charge on any atom is -0.469 e. The molecule has 82 valence electrons. The molecule has 1 N–H and O–H groups in total. The van der Waals surface area contributed by atoms with Crippen LogP contribution in [0, 0.1) is 5.82 Å². The van der Waals surface area contributed by atoms with Crippen molar-refractivity contribution >= 4 is 5.97 Å². The highest BCUT2D eigenvalue weighted by Crippen LogP contribution is 2.24. The van der Waals surface area contributed by atoms with E-state index in [9.17, 15) is 14.3 Å². The van der Waals surface area contributed by atoms with Crippen molar-refractivity contribution < 1.29 is 19.0 Å². The van der Waals surface area contributed by atoms with E-state index in [0.29, 0.717) is 5.56 Å². The molecule has 0 aliphatic heterocycles. The van der Waals surface area contributed by atoms with Gasteiger partial charge in [-0.25, -0.2) is 4.39 Å². The quantitative estimate of drug-likeness (QED) is 0.774. The molecule has 1 atom stereocenters. The van der Waals surface area contributed by atoms with E-state index in [0.717, 1.165) is 0 Å². The average molecular weight is 212 g/mol. The van der Waals surface area contributed by atoms with Gasteiger partial charge in [-0.1, -0.05) is 12.1 Å². The van der Waals surface area contributed by atoms with E-state index in [-0.39, 0.29) is 12.2 Å². The molecule has 15 heavy (non-hydrogen) atoms. The number of benzene rings is 1. The summed E-state index contributed by atoms with van der Waals surface area (Å²) >= 11 is 0. The van der Waals surface area contributed by atoms with Crippen molar-refractivity contribution in [2.24, 2.45) is 0 Å². The zero-order chi connectivity index (χ0) is 11.5. The van der Waals surface area contributed by atoms with Gasteiger partial charge in [-0.05, 0) is 24.6 Å². The highest BCUT2D eigenvalue weighted by Gasteiger charge is 2.26. The van der Waals surface area contributed by atoms with Gasteiger partial charge in [0.25, 0.3) is 0 Å². The molecule has 0 amide bonds. The van der Waals surface area contributed by atoms with Crippen LogP contribution in [0.2, 0.25) is 0 Å². The largest absolute Gasteiger partial charge is 0.469 e. The zero-order valence-corrected chi connectivity index (χ0v) is 8.66. The second-order valence-electron chi connectivity index (χ2n) is 3.53. The van der Waals surface area contributed by atoms with Gasteiger partial charge >= 0.3 is 5.97 Å². The minimum atomic E-state index is -1.33.